The summed E-state index contributed by atoms with van der Waals surface area (Å²) in [7, 11) is -3.61. The molecule has 27 heavy (non-hydrogen) atoms. The Balaban J connectivity index is 1.82. The van der Waals surface area contributed by atoms with Crippen LogP contribution in [0.5, 0.6) is 0 Å². The molecule has 1 aliphatic rings. The lowest BCUT2D eigenvalue weighted by atomic mass is 9.98. The van der Waals surface area contributed by atoms with Crippen LogP contribution in [0.3, 0.4) is 0 Å². The Morgan fingerprint density at radius 1 is 1.30 bits per heavy atom. The SMILES string of the molecule is Cc1ccc(Cl)cc1N(CC(=O)NCCCOC1CCCCC1)S(C)(=O)=O. The number of anilines is 1. The van der Waals surface area contributed by atoms with Crippen molar-refractivity contribution in [2.75, 3.05) is 30.3 Å². The van der Waals surface area contributed by atoms with Crippen LogP contribution in [-0.2, 0) is 19.6 Å². The first-order chi connectivity index (χ1) is 12.8. The zero-order chi connectivity index (χ0) is 19.9. The molecule has 6 nitrogen and oxygen atoms in total. The third-order valence-electron chi connectivity index (χ3n) is 4.68. The molecule has 0 heterocycles. The van der Waals surface area contributed by atoms with Crippen LogP contribution in [0, 0.1) is 6.92 Å². The van der Waals surface area contributed by atoms with Gasteiger partial charge in [0, 0.05) is 18.2 Å². The van der Waals surface area contributed by atoms with E-state index in [9.17, 15) is 13.2 Å². The van der Waals surface area contributed by atoms with Crippen molar-refractivity contribution in [3.63, 3.8) is 0 Å². The second-order valence-electron chi connectivity index (χ2n) is 7.03. The lowest BCUT2D eigenvalue weighted by Gasteiger charge is -2.24. The average molecular weight is 417 g/mol. The van der Waals surface area contributed by atoms with Crippen LogP contribution in [0.15, 0.2) is 18.2 Å². The van der Waals surface area contributed by atoms with Crippen molar-refractivity contribution in [1.29, 1.82) is 0 Å². The third kappa shape index (κ3) is 7.31. The summed E-state index contributed by atoms with van der Waals surface area (Å²) in [6.07, 6.45) is 8.12. The van der Waals surface area contributed by atoms with E-state index >= 15 is 0 Å². The quantitative estimate of drug-likeness (QED) is 0.627. The summed E-state index contributed by atoms with van der Waals surface area (Å²) in [5, 5.41) is 3.19. The molecule has 1 saturated carbocycles. The zero-order valence-corrected chi connectivity index (χ0v) is 17.6. The second kappa shape index (κ2) is 10.3. The maximum Gasteiger partial charge on any atom is 0.240 e. The molecule has 0 unspecified atom stereocenters. The van der Waals surface area contributed by atoms with E-state index < -0.39 is 10.0 Å². The van der Waals surface area contributed by atoms with Gasteiger partial charge in [0.25, 0.3) is 0 Å². The van der Waals surface area contributed by atoms with Crippen LogP contribution >= 0.6 is 11.6 Å². The molecule has 1 fully saturated rings. The highest BCUT2D eigenvalue weighted by molar-refractivity contribution is 7.92. The molecule has 1 amide bonds. The number of halogens is 1. The number of ether oxygens (including phenoxy) is 1. The molecule has 152 valence electrons. The maximum atomic E-state index is 12.2. The summed E-state index contributed by atoms with van der Waals surface area (Å²) in [6.45, 7) is 2.57. The maximum absolute atomic E-state index is 12.2. The van der Waals surface area contributed by atoms with Gasteiger partial charge in [0.2, 0.25) is 15.9 Å². The lowest BCUT2D eigenvalue weighted by molar-refractivity contribution is -0.119. The van der Waals surface area contributed by atoms with E-state index in [2.05, 4.69) is 5.32 Å². The summed E-state index contributed by atoms with van der Waals surface area (Å²) < 4.78 is 31.2. The predicted octanol–water partition coefficient (Wildman–Crippen LogP) is 3.27. The predicted molar refractivity (Wildman–Crippen MR) is 109 cm³/mol. The van der Waals surface area contributed by atoms with Crippen LogP contribution in [0.2, 0.25) is 5.02 Å². The number of rotatable bonds is 9. The van der Waals surface area contributed by atoms with E-state index in [0.29, 0.717) is 36.4 Å². The summed E-state index contributed by atoms with van der Waals surface area (Å²) in [4.78, 5) is 12.2. The molecule has 0 aromatic heterocycles. The third-order valence-corrected chi connectivity index (χ3v) is 6.04. The molecule has 1 N–H and O–H groups in total. The van der Waals surface area contributed by atoms with Crippen LogP contribution in [0.4, 0.5) is 5.69 Å². The monoisotopic (exact) mass is 416 g/mol. The Morgan fingerprint density at radius 3 is 2.67 bits per heavy atom. The van der Waals surface area contributed by atoms with Gasteiger partial charge in [-0.05, 0) is 43.9 Å². The Bertz CT molecular complexity index is 733. The number of sulfonamides is 1. The highest BCUT2D eigenvalue weighted by atomic mass is 35.5. The molecule has 1 aromatic rings. The van der Waals surface area contributed by atoms with Gasteiger partial charge in [-0.25, -0.2) is 8.42 Å². The van der Waals surface area contributed by atoms with Crippen molar-refractivity contribution in [3.05, 3.63) is 28.8 Å². The first kappa shape index (κ1) is 22.0. The second-order valence-corrected chi connectivity index (χ2v) is 9.38. The normalized spacial score (nSPS) is 15.5. The molecule has 0 radical (unpaired) electrons. The Labute approximate surface area is 167 Å². The summed E-state index contributed by atoms with van der Waals surface area (Å²) >= 11 is 5.99. The molecule has 0 saturated heterocycles. The van der Waals surface area contributed by atoms with E-state index in [4.69, 9.17) is 16.3 Å². The molecular formula is C19H29ClN2O4S. The fourth-order valence-corrected chi connectivity index (χ4v) is 4.27. The minimum absolute atomic E-state index is 0.274. The molecule has 1 aromatic carbocycles. The standard InChI is InChI=1S/C19H29ClN2O4S/c1-15-9-10-16(20)13-18(15)22(27(2,24)25)14-19(23)21-11-6-12-26-17-7-4-3-5-8-17/h9-10,13,17H,3-8,11-12,14H2,1-2H3,(H,21,23). The van der Waals surface area contributed by atoms with Gasteiger partial charge in [-0.1, -0.05) is 36.9 Å². The van der Waals surface area contributed by atoms with E-state index in [1.807, 2.05) is 0 Å². The fourth-order valence-electron chi connectivity index (χ4n) is 3.20. The van der Waals surface area contributed by atoms with Crippen LogP contribution < -0.4 is 9.62 Å². The summed E-state index contributed by atoms with van der Waals surface area (Å²) in [6, 6.07) is 4.98. The number of amides is 1. The van der Waals surface area contributed by atoms with Crippen molar-refractivity contribution >= 4 is 33.2 Å². The van der Waals surface area contributed by atoms with Gasteiger partial charge in [0.1, 0.15) is 6.54 Å². The van der Waals surface area contributed by atoms with Crippen LogP contribution in [0.1, 0.15) is 44.1 Å². The molecule has 0 bridgehead atoms. The van der Waals surface area contributed by atoms with Crippen molar-refractivity contribution in [2.45, 2.75) is 51.6 Å². The fraction of sp³-hybridized carbons (Fsp3) is 0.632. The van der Waals surface area contributed by atoms with Gasteiger partial charge in [0.15, 0.2) is 0 Å². The van der Waals surface area contributed by atoms with Crippen molar-refractivity contribution < 1.29 is 17.9 Å². The Kier molecular flexibility index (Phi) is 8.38. The first-order valence-corrected chi connectivity index (χ1v) is 11.6. The van der Waals surface area contributed by atoms with Gasteiger partial charge in [-0.15, -0.1) is 0 Å². The minimum atomic E-state index is -3.61. The highest BCUT2D eigenvalue weighted by Gasteiger charge is 2.22. The summed E-state index contributed by atoms with van der Waals surface area (Å²) in [5.41, 5.74) is 1.15. The van der Waals surface area contributed by atoms with E-state index in [-0.39, 0.29) is 12.5 Å². The number of benzene rings is 1. The van der Waals surface area contributed by atoms with Gasteiger partial charge in [-0.3, -0.25) is 9.10 Å². The number of aryl methyl sites for hydroxylation is 1. The Morgan fingerprint density at radius 2 is 2.00 bits per heavy atom. The van der Waals surface area contributed by atoms with Crippen molar-refractivity contribution in [3.8, 4) is 0 Å². The average Bonchev–Trinajstić information content (AvgIpc) is 2.61. The largest absolute Gasteiger partial charge is 0.378 e. The molecule has 0 atom stereocenters. The van der Waals surface area contributed by atoms with Gasteiger partial charge in [-0.2, -0.15) is 0 Å². The molecule has 2 rings (SSSR count). The van der Waals surface area contributed by atoms with Gasteiger partial charge < -0.3 is 10.1 Å². The molecule has 0 spiro atoms. The van der Waals surface area contributed by atoms with Crippen LogP contribution in [-0.4, -0.2) is 46.4 Å². The molecule has 8 heteroatoms. The highest BCUT2D eigenvalue weighted by Crippen LogP contribution is 2.26. The number of nitrogens with zero attached hydrogens (tertiary/aromatic N) is 1. The molecular weight excluding hydrogens is 388 g/mol. The summed E-state index contributed by atoms with van der Waals surface area (Å²) in [5.74, 6) is -0.350. The molecule has 1 aliphatic carbocycles. The van der Waals surface area contributed by atoms with Gasteiger partial charge in [0.05, 0.1) is 18.0 Å². The lowest BCUT2D eigenvalue weighted by Crippen LogP contribution is -2.41. The van der Waals surface area contributed by atoms with Crippen LogP contribution in [0.25, 0.3) is 0 Å². The van der Waals surface area contributed by atoms with E-state index in [1.165, 1.54) is 19.3 Å². The first-order valence-electron chi connectivity index (χ1n) is 9.39. The minimum Gasteiger partial charge on any atom is -0.378 e. The number of hydrogen-bond acceptors (Lipinski definition) is 4. The van der Waals surface area contributed by atoms with Crippen molar-refractivity contribution in [2.24, 2.45) is 0 Å². The number of carbonyl (C=O) groups excluding carboxylic acids is 1. The van der Waals surface area contributed by atoms with E-state index in [0.717, 1.165) is 29.0 Å². The number of hydrogen-bond donors (Lipinski definition) is 1. The van der Waals surface area contributed by atoms with Crippen molar-refractivity contribution in [1.82, 2.24) is 5.32 Å². The van der Waals surface area contributed by atoms with E-state index in [1.54, 1.807) is 25.1 Å². The number of carbonyl (C=O) groups is 1. The topological polar surface area (TPSA) is 75.7 Å². The van der Waals surface area contributed by atoms with Gasteiger partial charge >= 0.3 is 0 Å². The number of nitrogens with one attached hydrogen (secondary N) is 1. The molecule has 0 aliphatic heterocycles. The Hall–Kier alpha value is -1.31. The zero-order valence-electron chi connectivity index (χ0n) is 16.0. The smallest absolute Gasteiger partial charge is 0.240 e.